The Balaban J connectivity index is 0.00000202. The zero-order chi connectivity index (χ0) is 33.6. The molecule has 0 spiro atoms. The van der Waals surface area contributed by atoms with Gasteiger partial charge in [0.05, 0.1) is 35.2 Å². The first-order valence-electron chi connectivity index (χ1n) is 20.4. The van der Waals surface area contributed by atoms with Gasteiger partial charge in [-0.3, -0.25) is 9.98 Å². The monoisotopic (exact) mass is 781 g/mol. The van der Waals surface area contributed by atoms with Gasteiger partial charge in [-0.25, -0.2) is 4.98 Å². The van der Waals surface area contributed by atoms with E-state index >= 15 is 0 Å². The number of halogens is 2. The van der Waals surface area contributed by atoms with E-state index in [-0.39, 0.29) is 41.9 Å². The van der Waals surface area contributed by atoms with Crippen LogP contribution in [0, 0.1) is 20.8 Å². The van der Waals surface area contributed by atoms with Gasteiger partial charge in [-0.15, -0.1) is 0 Å². The zero-order valence-corrected chi connectivity index (χ0v) is 34.6. The summed E-state index contributed by atoms with van der Waals surface area (Å²) in [5, 5.41) is 0. The Morgan fingerprint density at radius 1 is 0.423 bits per heavy atom. The minimum atomic E-state index is 0. The SMILES string of the molecule is Cc1cc(C=Nc2c(C3CCCCC3)cc(C)cc2C2CCCCC2)nc(C=Nc2c(C3CCCCC3)cc(C)cc2C2CCCCC2)c1.[Cl-].[Cl-].[Fe+2]. The molecule has 0 N–H and O–H groups in total. The summed E-state index contributed by atoms with van der Waals surface area (Å²) in [6.07, 6.45) is 30.7. The standard InChI is InChI=1S/C46H61N3.2ClH.Fe/c1-32-24-39(30-47-45-41(35-16-8-4-9-17-35)26-33(2)27-42(45)36-18-10-5-11-19-36)49-40(25-32)31-48-46-43(37-20-12-6-13-21-37)28-34(3)29-44(46)38-22-14-7-15-23-38;;;/h24-31,35-38H,4-23H2,1-3H3;2*1H;/q;;;+2/p-2. The van der Waals surface area contributed by atoms with Gasteiger partial charge in [0.2, 0.25) is 0 Å². The Hall–Kier alpha value is -1.97. The first kappa shape index (κ1) is 42.8. The normalized spacial score (nSPS) is 19.7. The molecule has 4 aliphatic rings. The molecule has 1 aromatic heterocycles. The minimum absolute atomic E-state index is 0. The van der Waals surface area contributed by atoms with Gasteiger partial charge >= 0.3 is 17.1 Å². The van der Waals surface area contributed by atoms with Gasteiger partial charge in [0, 0.05) is 0 Å². The van der Waals surface area contributed by atoms with Gasteiger partial charge in [-0.2, -0.15) is 0 Å². The van der Waals surface area contributed by atoms with Gasteiger partial charge in [-0.05, 0) is 136 Å². The topological polar surface area (TPSA) is 37.6 Å². The first-order chi connectivity index (χ1) is 24.0. The summed E-state index contributed by atoms with van der Waals surface area (Å²) in [6.45, 7) is 6.79. The molecule has 0 unspecified atom stereocenters. The predicted octanol–water partition coefficient (Wildman–Crippen LogP) is 7.70. The second-order valence-corrected chi connectivity index (χ2v) is 16.4. The van der Waals surface area contributed by atoms with Crippen LogP contribution in [0.25, 0.3) is 0 Å². The van der Waals surface area contributed by atoms with Crippen molar-refractivity contribution in [1.29, 1.82) is 0 Å². The fourth-order valence-corrected chi connectivity index (χ4v) is 9.98. The summed E-state index contributed by atoms with van der Waals surface area (Å²) in [7, 11) is 0. The summed E-state index contributed by atoms with van der Waals surface area (Å²) in [6, 6.07) is 14.3. The maximum Gasteiger partial charge on any atom is 2.00 e. The molecule has 52 heavy (non-hydrogen) atoms. The molecule has 0 bridgehead atoms. The van der Waals surface area contributed by atoms with E-state index in [0.717, 1.165) is 11.4 Å². The number of rotatable bonds is 8. The van der Waals surface area contributed by atoms with E-state index in [1.54, 1.807) is 0 Å². The van der Waals surface area contributed by atoms with Crippen LogP contribution in [0.15, 0.2) is 46.4 Å². The molecule has 0 amide bonds. The molecule has 282 valence electrons. The van der Waals surface area contributed by atoms with Crippen molar-refractivity contribution in [3.05, 3.63) is 86.7 Å². The molecule has 1 heterocycles. The van der Waals surface area contributed by atoms with Crippen LogP contribution in [0.5, 0.6) is 0 Å². The van der Waals surface area contributed by atoms with Crippen molar-refractivity contribution in [2.24, 2.45) is 9.98 Å². The van der Waals surface area contributed by atoms with Gasteiger partial charge in [0.15, 0.2) is 0 Å². The summed E-state index contributed by atoms with van der Waals surface area (Å²) >= 11 is 0. The molecular formula is C46H61Cl2FeN3. The molecule has 4 saturated carbocycles. The van der Waals surface area contributed by atoms with Crippen LogP contribution in [-0.2, 0) is 17.1 Å². The van der Waals surface area contributed by atoms with Crippen molar-refractivity contribution in [2.75, 3.05) is 0 Å². The van der Waals surface area contributed by atoms with Crippen molar-refractivity contribution in [2.45, 2.75) is 173 Å². The van der Waals surface area contributed by atoms with E-state index in [0.29, 0.717) is 23.7 Å². The van der Waals surface area contributed by atoms with Crippen LogP contribution >= 0.6 is 0 Å². The van der Waals surface area contributed by atoms with E-state index < -0.39 is 0 Å². The zero-order valence-electron chi connectivity index (χ0n) is 32.0. The Morgan fingerprint density at radius 3 is 0.942 bits per heavy atom. The van der Waals surface area contributed by atoms with Gasteiger partial charge in [-0.1, -0.05) is 112 Å². The Morgan fingerprint density at radius 2 is 0.673 bits per heavy atom. The summed E-state index contributed by atoms with van der Waals surface area (Å²) in [5.41, 5.74) is 14.4. The number of benzene rings is 2. The third-order valence-electron chi connectivity index (χ3n) is 12.5. The summed E-state index contributed by atoms with van der Waals surface area (Å²) < 4.78 is 0. The van der Waals surface area contributed by atoms with Gasteiger partial charge in [0.25, 0.3) is 0 Å². The van der Waals surface area contributed by atoms with E-state index in [1.165, 1.54) is 179 Å². The van der Waals surface area contributed by atoms with E-state index in [9.17, 15) is 0 Å². The number of aryl methyl sites for hydroxylation is 3. The van der Waals surface area contributed by atoms with Crippen LogP contribution in [0.4, 0.5) is 11.4 Å². The molecule has 6 heteroatoms. The Kier molecular flexibility index (Phi) is 17.0. The molecule has 4 fully saturated rings. The smallest absolute Gasteiger partial charge is 1.00 e. The van der Waals surface area contributed by atoms with Gasteiger partial charge < -0.3 is 24.8 Å². The number of pyridine rings is 1. The number of hydrogen-bond acceptors (Lipinski definition) is 3. The van der Waals surface area contributed by atoms with E-state index in [2.05, 4.69) is 69.6 Å². The van der Waals surface area contributed by atoms with E-state index in [1.807, 2.05) is 0 Å². The maximum atomic E-state index is 5.40. The van der Waals surface area contributed by atoms with Crippen LogP contribution in [-0.4, -0.2) is 17.4 Å². The predicted molar refractivity (Wildman–Crippen MR) is 209 cm³/mol. The number of aliphatic imine (C=N–C) groups is 2. The van der Waals surface area contributed by atoms with Crippen LogP contribution < -0.4 is 24.8 Å². The Labute approximate surface area is 338 Å². The van der Waals surface area contributed by atoms with Crippen LogP contribution in [0.1, 0.15) is 202 Å². The number of nitrogens with zero attached hydrogens (tertiary/aromatic N) is 3. The first-order valence-corrected chi connectivity index (χ1v) is 20.4. The molecule has 2 aromatic carbocycles. The molecule has 7 rings (SSSR count). The van der Waals surface area contributed by atoms with Gasteiger partial charge in [0.1, 0.15) is 0 Å². The van der Waals surface area contributed by atoms with Crippen molar-refractivity contribution in [3.8, 4) is 0 Å². The van der Waals surface area contributed by atoms with E-state index in [4.69, 9.17) is 15.0 Å². The van der Waals surface area contributed by atoms with Crippen molar-refractivity contribution >= 4 is 23.8 Å². The summed E-state index contributed by atoms with van der Waals surface area (Å²) in [4.78, 5) is 16.0. The second-order valence-electron chi connectivity index (χ2n) is 16.4. The third-order valence-corrected chi connectivity index (χ3v) is 12.5. The maximum absolute atomic E-state index is 5.40. The molecule has 3 aromatic rings. The largest absolute Gasteiger partial charge is 2.00 e. The Bertz CT molecular complexity index is 1450. The molecule has 3 nitrogen and oxygen atoms in total. The fraction of sp³-hybridized carbons (Fsp3) is 0.587. The minimum Gasteiger partial charge on any atom is -1.00 e. The fourth-order valence-electron chi connectivity index (χ4n) is 9.98. The third kappa shape index (κ3) is 10.6. The number of aromatic nitrogens is 1. The quantitative estimate of drug-likeness (QED) is 0.171. The average molecular weight is 783 g/mol. The van der Waals surface area contributed by atoms with Crippen molar-refractivity contribution < 1.29 is 41.9 Å². The molecular weight excluding hydrogens is 721 g/mol. The van der Waals surface area contributed by atoms with Crippen LogP contribution in [0.2, 0.25) is 0 Å². The second kappa shape index (κ2) is 20.6. The van der Waals surface area contributed by atoms with Crippen LogP contribution in [0.3, 0.4) is 0 Å². The average Bonchev–Trinajstić information content (AvgIpc) is 3.14. The van der Waals surface area contributed by atoms with Crippen molar-refractivity contribution in [1.82, 2.24) is 4.98 Å². The molecule has 0 saturated heterocycles. The summed E-state index contributed by atoms with van der Waals surface area (Å²) in [5.74, 6) is 2.51. The molecule has 0 aliphatic heterocycles. The molecule has 4 aliphatic carbocycles. The number of hydrogen-bond donors (Lipinski definition) is 0. The molecule has 0 radical (unpaired) electrons. The molecule has 0 atom stereocenters. The van der Waals surface area contributed by atoms with Crippen molar-refractivity contribution in [3.63, 3.8) is 0 Å².